The lowest BCUT2D eigenvalue weighted by atomic mass is 9.94. The normalized spacial score (nSPS) is 19.7. The van der Waals surface area contributed by atoms with Crippen LogP contribution in [0, 0.1) is 16.0 Å². The number of amides is 1. The van der Waals surface area contributed by atoms with Crippen LogP contribution < -0.4 is 4.90 Å². The van der Waals surface area contributed by atoms with Crippen LogP contribution in [0.1, 0.15) is 32.1 Å². The number of likely N-dealkylation sites (tertiary alicyclic amines) is 1. The fourth-order valence-corrected chi connectivity index (χ4v) is 3.54. The van der Waals surface area contributed by atoms with Crippen LogP contribution in [0.25, 0.3) is 0 Å². The van der Waals surface area contributed by atoms with Gasteiger partial charge in [0.2, 0.25) is 5.91 Å². The largest absolute Gasteiger partial charge is 0.371 e. The third kappa shape index (κ3) is 3.63. The van der Waals surface area contributed by atoms with Gasteiger partial charge in [-0.1, -0.05) is 0 Å². The van der Waals surface area contributed by atoms with Gasteiger partial charge in [0.15, 0.2) is 0 Å². The molecular weight excluding hydrogens is 294 g/mol. The second-order valence-corrected chi connectivity index (χ2v) is 6.42. The first-order valence-electron chi connectivity index (χ1n) is 8.43. The van der Waals surface area contributed by atoms with Crippen LogP contribution in [0.3, 0.4) is 0 Å². The molecule has 6 heteroatoms. The zero-order valence-electron chi connectivity index (χ0n) is 13.3. The monoisotopic (exact) mass is 317 g/mol. The Morgan fingerprint density at radius 3 is 2.17 bits per heavy atom. The molecule has 0 saturated carbocycles. The highest BCUT2D eigenvalue weighted by Gasteiger charge is 2.29. The summed E-state index contributed by atoms with van der Waals surface area (Å²) in [5.74, 6) is 0.468. The number of nitro groups is 1. The highest BCUT2D eigenvalue weighted by atomic mass is 16.6. The third-order valence-corrected chi connectivity index (χ3v) is 4.94. The molecule has 2 aliphatic rings. The molecule has 2 saturated heterocycles. The van der Waals surface area contributed by atoms with Crippen LogP contribution in [0.5, 0.6) is 0 Å². The van der Waals surface area contributed by atoms with Gasteiger partial charge >= 0.3 is 0 Å². The number of hydrogen-bond donors (Lipinski definition) is 0. The van der Waals surface area contributed by atoms with Gasteiger partial charge in [0.25, 0.3) is 5.69 Å². The summed E-state index contributed by atoms with van der Waals surface area (Å²) in [5, 5.41) is 10.7. The number of piperidine rings is 2. The van der Waals surface area contributed by atoms with Gasteiger partial charge in [-0.2, -0.15) is 0 Å². The highest BCUT2D eigenvalue weighted by Crippen LogP contribution is 2.27. The maximum absolute atomic E-state index is 12.5. The molecule has 3 rings (SSSR count). The number of non-ortho nitro benzene ring substituents is 1. The van der Waals surface area contributed by atoms with Crippen LogP contribution in [0.15, 0.2) is 24.3 Å². The lowest BCUT2D eigenvalue weighted by Crippen LogP contribution is -2.44. The van der Waals surface area contributed by atoms with Crippen molar-refractivity contribution in [2.75, 3.05) is 31.1 Å². The Labute approximate surface area is 136 Å². The van der Waals surface area contributed by atoms with Crippen molar-refractivity contribution < 1.29 is 9.72 Å². The maximum atomic E-state index is 12.5. The van der Waals surface area contributed by atoms with E-state index in [0.29, 0.717) is 5.91 Å². The van der Waals surface area contributed by atoms with Crippen LogP contribution in [0.4, 0.5) is 11.4 Å². The van der Waals surface area contributed by atoms with E-state index in [2.05, 4.69) is 4.90 Å². The minimum absolute atomic E-state index is 0.115. The molecule has 0 aromatic heterocycles. The standard InChI is InChI=1S/C17H23N3O3/c21-17(19-10-2-1-3-11-19)14-8-12-18(13-9-14)15-4-6-16(7-5-15)20(22)23/h4-7,14H,1-3,8-13H2. The van der Waals surface area contributed by atoms with E-state index in [9.17, 15) is 14.9 Å². The quantitative estimate of drug-likeness (QED) is 0.635. The molecule has 6 nitrogen and oxygen atoms in total. The van der Waals surface area contributed by atoms with Gasteiger partial charge in [0.05, 0.1) is 4.92 Å². The SMILES string of the molecule is O=C(C1CCN(c2ccc([N+](=O)[O-])cc2)CC1)N1CCCCC1. The van der Waals surface area contributed by atoms with Gasteiger partial charge in [-0.3, -0.25) is 14.9 Å². The van der Waals surface area contributed by atoms with Crippen molar-refractivity contribution in [2.45, 2.75) is 32.1 Å². The predicted octanol–water partition coefficient (Wildman–Crippen LogP) is 2.82. The molecule has 0 aliphatic carbocycles. The molecule has 1 aromatic carbocycles. The van der Waals surface area contributed by atoms with Crippen LogP contribution in [0.2, 0.25) is 0 Å². The molecule has 0 bridgehead atoms. The molecule has 23 heavy (non-hydrogen) atoms. The predicted molar refractivity (Wildman–Crippen MR) is 88.5 cm³/mol. The summed E-state index contributed by atoms with van der Waals surface area (Å²) in [4.78, 5) is 27.1. The second-order valence-electron chi connectivity index (χ2n) is 6.42. The number of nitrogens with zero attached hydrogens (tertiary/aromatic N) is 3. The average molecular weight is 317 g/mol. The molecule has 0 spiro atoms. The Kier molecular flexibility index (Phi) is 4.79. The number of carbonyl (C=O) groups excluding carboxylic acids is 1. The Morgan fingerprint density at radius 2 is 1.61 bits per heavy atom. The number of benzene rings is 1. The van der Waals surface area contributed by atoms with Crippen molar-refractivity contribution in [3.05, 3.63) is 34.4 Å². The summed E-state index contributed by atoms with van der Waals surface area (Å²) in [6.07, 6.45) is 5.24. The van der Waals surface area contributed by atoms with Crippen molar-refractivity contribution in [2.24, 2.45) is 5.92 Å². The lowest BCUT2D eigenvalue weighted by molar-refractivity contribution is -0.384. The van der Waals surface area contributed by atoms with E-state index in [-0.39, 0.29) is 16.5 Å². The van der Waals surface area contributed by atoms with Crippen LogP contribution >= 0.6 is 0 Å². The van der Waals surface area contributed by atoms with Crippen LogP contribution in [-0.4, -0.2) is 41.9 Å². The third-order valence-electron chi connectivity index (χ3n) is 4.94. The molecule has 0 N–H and O–H groups in total. The molecule has 1 amide bonds. The minimum atomic E-state index is -0.382. The lowest BCUT2D eigenvalue weighted by Gasteiger charge is -2.36. The average Bonchev–Trinajstić information content (AvgIpc) is 2.62. The zero-order valence-corrected chi connectivity index (χ0v) is 13.3. The fourth-order valence-electron chi connectivity index (χ4n) is 3.54. The Balaban J connectivity index is 1.55. The van der Waals surface area contributed by atoms with Crippen molar-refractivity contribution in [1.29, 1.82) is 0 Å². The molecule has 0 unspecified atom stereocenters. The summed E-state index contributed by atoms with van der Waals surface area (Å²) >= 11 is 0. The van der Waals surface area contributed by atoms with E-state index in [0.717, 1.165) is 57.5 Å². The smallest absolute Gasteiger partial charge is 0.269 e. The first kappa shape index (κ1) is 15.8. The van der Waals surface area contributed by atoms with E-state index in [1.165, 1.54) is 6.42 Å². The van der Waals surface area contributed by atoms with Crippen molar-refractivity contribution >= 4 is 17.3 Å². The van der Waals surface area contributed by atoms with E-state index in [1.807, 2.05) is 4.90 Å². The van der Waals surface area contributed by atoms with Gasteiger partial charge in [-0.25, -0.2) is 0 Å². The molecule has 0 radical (unpaired) electrons. The molecular formula is C17H23N3O3. The Hall–Kier alpha value is -2.11. The second kappa shape index (κ2) is 6.98. The maximum Gasteiger partial charge on any atom is 0.269 e. The van der Waals surface area contributed by atoms with Crippen molar-refractivity contribution in [1.82, 2.24) is 4.90 Å². The van der Waals surface area contributed by atoms with Crippen molar-refractivity contribution in [3.8, 4) is 0 Å². The molecule has 0 atom stereocenters. The number of hydrogen-bond acceptors (Lipinski definition) is 4. The first-order chi connectivity index (χ1) is 11.1. The summed E-state index contributed by atoms with van der Waals surface area (Å²) < 4.78 is 0. The fraction of sp³-hybridized carbons (Fsp3) is 0.588. The van der Waals surface area contributed by atoms with Gasteiger partial charge < -0.3 is 9.80 Å². The number of rotatable bonds is 3. The summed E-state index contributed by atoms with van der Waals surface area (Å²) in [6, 6.07) is 6.68. The molecule has 2 heterocycles. The van der Waals surface area contributed by atoms with E-state index < -0.39 is 0 Å². The number of nitro benzene ring substituents is 1. The number of anilines is 1. The Morgan fingerprint density at radius 1 is 1.00 bits per heavy atom. The summed E-state index contributed by atoms with van der Waals surface area (Å²) in [7, 11) is 0. The molecule has 2 fully saturated rings. The van der Waals surface area contributed by atoms with E-state index in [1.54, 1.807) is 24.3 Å². The van der Waals surface area contributed by atoms with Crippen molar-refractivity contribution in [3.63, 3.8) is 0 Å². The van der Waals surface area contributed by atoms with Gasteiger partial charge in [-0.15, -0.1) is 0 Å². The minimum Gasteiger partial charge on any atom is -0.371 e. The number of carbonyl (C=O) groups is 1. The topological polar surface area (TPSA) is 66.7 Å². The van der Waals surface area contributed by atoms with Crippen LogP contribution in [-0.2, 0) is 4.79 Å². The Bertz CT molecular complexity index is 559. The first-order valence-corrected chi connectivity index (χ1v) is 8.43. The summed E-state index contributed by atoms with van der Waals surface area (Å²) in [6.45, 7) is 3.51. The van der Waals surface area contributed by atoms with Gasteiger partial charge in [-0.05, 0) is 44.2 Å². The zero-order chi connectivity index (χ0) is 16.2. The highest BCUT2D eigenvalue weighted by molar-refractivity contribution is 5.79. The van der Waals surface area contributed by atoms with Gasteiger partial charge in [0.1, 0.15) is 0 Å². The van der Waals surface area contributed by atoms with Gasteiger partial charge in [0, 0.05) is 49.9 Å². The van der Waals surface area contributed by atoms with E-state index in [4.69, 9.17) is 0 Å². The summed E-state index contributed by atoms with van der Waals surface area (Å²) in [5.41, 5.74) is 1.11. The molecule has 2 aliphatic heterocycles. The molecule has 124 valence electrons. The van der Waals surface area contributed by atoms with E-state index >= 15 is 0 Å². The molecule has 1 aromatic rings.